The van der Waals surface area contributed by atoms with Crippen molar-refractivity contribution in [2.45, 2.75) is 18.9 Å². The van der Waals surface area contributed by atoms with E-state index in [4.69, 9.17) is 11.6 Å². The first-order valence-corrected chi connectivity index (χ1v) is 7.37. The third-order valence-electron chi connectivity index (χ3n) is 3.68. The van der Waals surface area contributed by atoms with Gasteiger partial charge in [-0.15, -0.1) is 0 Å². The third kappa shape index (κ3) is 3.23. The lowest BCUT2D eigenvalue weighted by molar-refractivity contribution is 0.523. The van der Waals surface area contributed by atoms with Crippen LogP contribution in [0.25, 0.3) is 0 Å². The Balaban J connectivity index is 1.55. The maximum Gasteiger partial charge on any atom is 0.128 e. The summed E-state index contributed by atoms with van der Waals surface area (Å²) in [4.78, 5) is 6.76. The van der Waals surface area contributed by atoms with Crippen LogP contribution in [0.1, 0.15) is 12.8 Å². The van der Waals surface area contributed by atoms with Crippen LogP contribution in [0.3, 0.4) is 0 Å². The second-order valence-corrected chi connectivity index (χ2v) is 5.54. The van der Waals surface area contributed by atoms with Crippen LogP contribution in [0.15, 0.2) is 48.7 Å². The summed E-state index contributed by atoms with van der Waals surface area (Å²) < 4.78 is 0. The number of hydrogen-bond donors (Lipinski definition) is 1. The number of nitrogens with zero attached hydrogens (tertiary/aromatic N) is 2. The number of halogens is 1. The van der Waals surface area contributed by atoms with Crippen LogP contribution < -0.4 is 10.2 Å². The van der Waals surface area contributed by atoms with Crippen LogP contribution >= 0.6 is 11.6 Å². The number of aromatic nitrogens is 1. The molecule has 3 rings (SSSR count). The molecule has 1 aromatic heterocycles. The highest BCUT2D eigenvalue weighted by Gasteiger charge is 2.19. The predicted octanol–water partition coefficient (Wildman–Crippen LogP) is 3.82. The minimum absolute atomic E-state index is 0.524. The Morgan fingerprint density at radius 1 is 1.05 bits per heavy atom. The van der Waals surface area contributed by atoms with E-state index in [-0.39, 0.29) is 0 Å². The van der Waals surface area contributed by atoms with E-state index in [2.05, 4.69) is 21.3 Å². The molecule has 0 spiro atoms. The Bertz CT molecular complexity index is 533. The maximum atomic E-state index is 5.90. The molecule has 104 valence electrons. The molecule has 1 aliphatic heterocycles. The van der Waals surface area contributed by atoms with Gasteiger partial charge in [0.15, 0.2) is 0 Å². The van der Waals surface area contributed by atoms with Crippen LogP contribution in [0, 0.1) is 0 Å². The number of rotatable bonds is 3. The van der Waals surface area contributed by atoms with Crippen LogP contribution in [0.4, 0.5) is 11.5 Å². The SMILES string of the molecule is Clc1ccc(NC2CCN(c3ccccn3)CC2)cc1. The van der Waals surface area contributed by atoms with E-state index in [0.717, 1.165) is 42.5 Å². The summed E-state index contributed by atoms with van der Waals surface area (Å²) in [7, 11) is 0. The number of pyridine rings is 1. The van der Waals surface area contributed by atoms with Crippen molar-refractivity contribution in [3.8, 4) is 0 Å². The van der Waals surface area contributed by atoms with Gasteiger partial charge in [-0.1, -0.05) is 17.7 Å². The van der Waals surface area contributed by atoms with E-state index in [9.17, 15) is 0 Å². The lowest BCUT2D eigenvalue weighted by atomic mass is 10.0. The van der Waals surface area contributed by atoms with E-state index >= 15 is 0 Å². The predicted molar refractivity (Wildman–Crippen MR) is 84.5 cm³/mol. The van der Waals surface area contributed by atoms with Crippen LogP contribution in [-0.4, -0.2) is 24.1 Å². The van der Waals surface area contributed by atoms with Gasteiger partial charge in [-0.2, -0.15) is 0 Å². The topological polar surface area (TPSA) is 28.2 Å². The molecule has 1 aliphatic rings. The van der Waals surface area contributed by atoms with Gasteiger partial charge in [-0.25, -0.2) is 4.98 Å². The summed E-state index contributed by atoms with van der Waals surface area (Å²) in [5.74, 6) is 1.08. The normalized spacial score (nSPS) is 16.1. The number of nitrogens with one attached hydrogen (secondary N) is 1. The molecule has 1 aromatic carbocycles. The van der Waals surface area contributed by atoms with Crippen molar-refractivity contribution in [2.24, 2.45) is 0 Å². The van der Waals surface area contributed by atoms with Gasteiger partial charge in [0.25, 0.3) is 0 Å². The van der Waals surface area contributed by atoms with Crippen molar-refractivity contribution in [2.75, 3.05) is 23.3 Å². The molecule has 3 nitrogen and oxygen atoms in total. The van der Waals surface area contributed by atoms with Gasteiger partial charge in [0.2, 0.25) is 0 Å². The molecular formula is C16H18ClN3. The van der Waals surface area contributed by atoms with Crippen molar-refractivity contribution < 1.29 is 0 Å². The molecule has 0 unspecified atom stereocenters. The number of hydrogen-bond acceptors (Lipinski definition) is 3. The fraction of sp³-hybridized carbons (Fsp3) is 0.312. The minimum Gasteiger partial charge on any atom is -0.382 e. The molecule has 2 heterocycles. The highest BCUT2D eigenvalue weighted by Crippen LogP contribution is 2.21. The van der Waals surface area contributed by atoms with Crippen LogP contribution in [0.5, 0.6) is 0 Å². The van der Waals surface area contributed by atoms with Crippen molar-refractivity contribution in [3.05, 3.63) is 53.7 Å². The molecule has 1 fully saturated rings. The van der Waals surface area contributed by atoms with Crippen LogP contribution in [0.2, 0.25) is 5.02 Å². The quantitative estimate of drug-likeness (QED) is 0.930. The summed E-state index contributed by atoms with van der Waals surface area (Å²) in [6.07, 6.45) is 4.10. The fourth-order valence-electron chi connectivity index (χ4n) is 2.58. The minimum atomic E-state index is 0.524. The zero-order chi connectivity index (χ0) is 13.8. The molecular weight excluding hydrogens is 270 g/mol. The first kappa shape index (κ1) is 13.3. The molecule has 1 N–H and O–H groups in total. The molecule has 0 bridgehead atoms. The van der Waals surface area contributed by atoms with Gasteiger partial charge in [0.1, 0.15) is 5.82 Å². The van der Waals surface area contributed by atoms with Crippen LogP contribution in [-0.2, 0) is 0 Å². The monoisotopic (exact) mass is 287 g/mol. The Kier molecular flexibility index (Phi) is 4.07. The summed E-state index contributed by atoms with van der Waals surface area (Å²) in [6.45, 7) is 2.09. The number of piperidine rings is 1. The Labute approximate surface area is 124 Å². The van der Waals surface area contributed by atoms with E-state index in [1.807, 2.05) is 42.6 Å². The largest absolute Gasteiger partial charge is 0.382 e. The summed E-state index contributed by atoms with van der Waals surface area (Å²) >= 11 is 5.90. The number of benzene rings is 1. The Morgan fingerprint density at radius 2 is 1.80 bits per heavy atom. The smallest absolute Gasteiger partial charge is 0.128 e. The van der Waals surface area contributed by atoms with E-state index in [1.54, 1.807) is 0 Å². The lowest BCUT2D eigenvalue weighted by Gasteiger charge is -2.33. The average molecular weight is 288 g/mol. The van der Waals surface area contributed by atoms with Crippen molar-refractivity contribution in [1.82, 2.24) is 4.98 Å². The molecule has 4 heteroatoms. The molecule has 20 heavy (non-hydrogen) atoms. The second kappa shape index (κ2) is 6.14. The first-order valence-electron chi connectivity index (χ1n) is 6.99. The summed E-state index contributed by atoms with van der Waals surface area (Å²) in [5, 5.41) is 4.35. The lowest BCUT2D eigenvalue weighted by Crippen LogP contribution is -2.39. The van der Waals surface area contributed by atoms with Gasteiger partial charge in [0.05, 0.1) is 0 Å². The molecule has 0 atom stereocenters. The Hall–Kier alpha value is -1.74. The van der Waals surface area contributed by atoms with Gasteiger partial charge in [-0.05, 0) is 49.2 Å². The van der Waals surface area contributed by atoms with E-state index in [0.29, 0.717) is 6.04 Å². The molecule has 0 saturated carbocycles. The Morgan fingerprint density at radius 3 is 2.45 bits per heavy atom. The zero-order valence-corrected chi connectivity index (χ0v) is 12.1. The molecule has 0 aliphatic carbocycles. The third-order valence-corrected chi connectivity index (χ3v) is 3.94. The molecule has 0 radical (unpaired) electrons. The second-order valence-electron chi connectivity index (χ2n) is 5.10. The van der Waals surface area contributed by atoms with Gasteiger partial charge in [-0.3, -0.25) is 0 Å². The molecule has 1 saturated heterocycles. The molecule has 2 aromatic rings. The van der Waals surface area contributed by atoms with E-state index < -0.39 is 0 Å². The van der Waals surface area contributed by atoms with Gasteiger partial charge < -0.3 is 10.2 Å². The highest BCUT2D eigenvalue weighted by atomic mass is 35.5. The van der Waals surface area contributed by atoms with Gasteiger partial charge in [0, 0.05) is 36.0 Å². The van der Waals surface area contributed by atoms with E-state index in [1.165, 1.54) is 0 Å². The average Bonchev–Trinajstić information content (AvgIpc) is 2.51. The van der Waals surface area contributed by atoms with Crippen molar-refractivity contribution >= 4 is 23.1 Å². The molecule has 0 amide bonds. The number of anilines is 2. The first-order chi connectivity index (χ1) is 9.81. The zero-order valence-electron chi connectivity index (χ0n) is 11.3. The van der Waals surface area contributed by atoms with Crippen molar-refractivity contribution in [1.29, 1.82) is 0 Å². The maximum absolute atomic E-state index is 5.90. The highest BCUT2D eigenvalue weighted by molar-refractivity contribution is 6.30. The van der Waals surface area contributed by atoms with Gasteiger partial charge >= 0.3 is 0 Å². The summed E-state index contributed by atoms with van der Waals surface area (Å²) in [6, 6.07) is 14.5. The standard InChI is InChI=1S/C16H18ClN3/c17-13-4-6-14(7-5-13)19-15-8-11-20(12-9-15)16-3-1-2-10-18-16/h1-7,10,15,19H,8-9,11-12H2. The summed E-state index contributed by atoms with van der Waals surface area (Å²) in [5.41, 5.74) is 1.14. The van der Waals surface area contributed by atoms with Crippen molar-refractivity contribution in [3.63, 3.8) is 0 Å². The fourth-order valence-corrected chi connectivity index (χ4v) is 2.70.